The lowest BCUT2D eigenvalue weighted by Crippen LogP contribution is -2.54. The molecular formula is C29H42N4O4. The fraction of sp³-hybridized carbons (Fsp3) is 0.621. The lowest BCUT2D eigenvalue weighted by molar-refractivity contribution is -0.140. The third-order valence-corrected chi connectivity index (χ3v) is 7.87. The first-order valence-electron chi connectivity index (χ1n) is 13.7. The topological polar surface area (TPSA) is 82.2 Å². The minimum atomic E-state index is -0.583. The van der Waals surface area contributed by atoms with E-state index >= 15 is 0 Å². The molecular weight excluding hydrogens is 468 g/mol. The van der Waals surface area contributed by atoms with Gasteiger partial charge in [-0.2, -0.15) is 0 Å². The molecule has 8 heteroatoms. The highest BCUT2D eigenvalue weighted by Crippen LogP contribution is 2.34. The molecule has 3 aliphatic rings. The number of likely N-dealkylation sites (N-methyl/N-ethyl adjacent to an activating group) is 1. The van der Waals surface area contributed by atoms with Gasteiger partial charge in [-0.05, 0) is 43.2 Å². The van der Waals surface area contributed by atoms with Crippen LogP contribution in [0.25, 0.3) is 0 Å². The Hall–Kier alpha value is -2.87. The number of nitrogens with zero attached hydrogens (tertiary/aromatic N) is 3. The van der Waals surface area contributed by atoms with Gasteiger partial charge in [0.15, 0.2) is 0 Å². The van der Waals surface area contributed by atoms with Gasteiger partial charge in [-0.25, -0.2) is 9.59 Å². The molecule has 2 heterocycles. The Morgan fingerprint density at radius 2 is 1.68 bits per heavy atom. The zero-order valence-corrected chi connectivity index (χ0v) is 23.0. The molecule has 0 spiro atoms. The molecule has 202 valence electrons. The highest BCUT2D eigenvalue weighted by Gasteiger charge is 2.39. The summed E-state index contributed by atoms with van der Waals surface area (Å²) in [7, 11) is 0. The van der Waals surface area contributed by atoms with Gasteiger partial charge in [0, 0.05) is 50.9 Å². The number of esters is 1. The van der Waals surface area contributed by atoms with Crippen molar-refractivity contribution < 1.29 is 19.1 Å². The van der Waals surface area contributed by atoms with Crippen LogP contribution in [0, 0.1) is 5.92 Å². The Morgan fingerprint density at radius 3 is 2.19 bits per heavy atom. The summed E-state index contributed by atoms with van der Waals surface area (Å²) in [5.74, 6) is 0.0794. The average Bonchev–Trinajstić information content (AvgIpc) is 2.83. The van der Waals surface area contributed by atoms with Gasteiger partial charge in [0.2, 0.25) is 5.91 Å². The van der Waals surface area contributed by atoms with Gasteiger partial charge in [-0.15, -0.1) is 0 Å². The summed E-state index contributed by atoms with van der Waals surface area (Å²) in [6.07, 6.45) is 3.16. The predicted octanol–water partition coefficient (Wildman–Crippen LogP) is 3.83. The standard InChI is InChI=1S/C29H42N4O4/c1-6-33-23(19-31-15-17-32(18-16-31)26(34)21-9-8-10-21)24(27(35)37-7-2)25(30-28(33)36)20-11-13-22(14-12-20)29(3,4)5/h11-14,21,25H,6-10,15-19H2,1-5H3,(H,30,36). The molecule has 1 unspecified atom stereocenters. The number of amides is 3. The quantitative estimate of drug-likeness (QED) is 0.564. The maximum atomic E-state index is 13.4. The molecule has 1 atom stereocenters. The van der Waals surface area contributed by atoms with Crippen LogP contribution < -0.4 is 5.32 Å². The Morgan fingerprint density at radius 1 is 1.03 bits per heavy atom. The molecule has 2 fully saturated rings. The van der Waals surface area contributed by atoms with Gasteiger partial charge < -0.3 is 15.0 Å². The third-order valence-electron chi connectivity index (χ3n) is 7.87. The third kappa shape index (κ3) is 5.84. The van der Waals surface area contributed by atoms with Crippen molar-refractivity contribution in [2.24, 2.45) is 5.92 Å². The fourth-order valence-electron chi connectivity index (χ4n) is 5.33. The van der Waals surface area contributed by atoms with Crippen LogP contribution in [0.1, 0.15) is 71.0 Å². The van der Waals surface area contributed by atoms with Crippen molar-refractivity contribution in [3.8, 4) is 0 Å². The van der Waals surface area contributed by atoms with E-state index in [1.165, 1.54) is 5.56 Å². The van der Waals surface area contributed by atoms with Crippen LogP contribution in [-0.4, -0.2) is 78.5 Å². The first-order chi connectivity index (χ1) is 17.6. The normalized spacial score (nSPS) is 21.5. The van der Waals surface area contributed by atoms with Crippen LogP contribution in [0.4, 0.5) is 4.79 Å². The SMILES string of the molecule is CCOC(=O)C1=C(CN2CCN(C(=O)C3CCC3)CC2)N(CC)C(=O)NC1c1ccc(C(C)(C)C)cc1. The Bertz CT molecular complexity index is 1030. The van der Waals surface area contributed by atoms with Crippen molar-refractivity contribution >= 4 is 17.9 Å². The number of piperazine rings is 1. The zero-order valence-electron chi connectivity index (χ0n) is 23.0. The first kappa shape index (κ1) is 27.2. The van der Waals surface area contributed by atoms with Crippen LogP contribution >= 0.6 is 0 Å². The van der Waals surface area contributed by atoms with Crippen molar-refractivity contribution in [2.45, 2.75) is 65.3 Å². The molecule has 8 nitrogen and oxygen atoms in total. The molecule has 0 radical (unpaired) electrons. The lowest BCUT2D eigenvalue weighted by Gasteiger charge is -2.41. The second-order valence-corrected chi connectivity index (χ2v) is 11.3. The summed E-state index contributed by atoms with van der Waals surface area (Å²) in [6.45, 7) is 14.1. The van der Waals surface area contributed by atoms with E-state index in [-0.39, 0.29) is 29.9 Å². The number of benzene rings is 1. The molecule has 1 N–H and O–H groups in total. The molecule has 1 saturated carbocycles. The van der Waals surface area contributed by atoms with Crippen LogP contribution in [0.2, 0.25) is 0 Å². The van der Waals surface area contributed by atoms with Crippen molar-refractivity contribution in [2.75, 3.05) is 45.9 Å². The summed E-state index contributed by atoms with van der Waals surface area (Å²) in [5.41, 5.74) is 3.21. The molecule has 3 amide bonds. The lowest BCUT2D eigenvalue weighted by atomic mass is 9.84. The Labute approximate surface area is 221 Å². The number of carbonyl (C=O) groups excluding carboxylic acids is 3. The maximum absolute atomic E-state index is 13.4. The van der Waals surface area contributed by atoms with Gasteiger partial charge in [-0.1, -0.05) is 51.5 Å². The van der Waals surface area contributed by atoms with E-state index in [4.69, 9.17) is 4.74 Å². The minimum Gasteiger partial charge on any atom is -0.463 e. The summed E-state index contributed by atoms with van der Waals surface area (Å²) in [4.78, 5) is 45.1. The highest BCUT2D eigenvalue weighted by atomic mass is 16.5. The summed E-state index contributed by atoms with van der Waals surface area (Å²) in [5, 5.41) is 3.05. The number of hydrogen-bond acceptors (Lipinski definition) is 5. The van der Waals surface area contributed by atoms with E-state index in [9.17, 15) is 14.4 Å². The number of rotatable bonds is 7. The molecule has 37 heavy (non-hydrogen) atoms. The van der Waals surface area contributed by atoms with E-state index in [1.54, 1.807) is 11.8 Å². The van der Waals surface area contributed by atoms with Crippen LogP contribution in [0.5, 0.6) is 0 Å². The van der Waals surface area contributed by atoms with E-state index < -0.39 is 12.0 Å². The van der Waals surface area contributed by atoms with Crippen LogP contribution in [0.3, 0.4) is 0 Å². The summed E-state index contributed by atoms with van der Waals surface area (Å²) >= 11 is 0. The second-order valence-electron chi connectivity index (χ2n) is 11.3. The van der Waals surface area contributed by atoms with Crippen molar-refractivity contribution in [1.82, 2.24) is 20.0 Å². The zero-order chi connectivity index (χ0) is 26.7. The van der Waals surface area contributed by atoms with E-state index in [0.717, 1.165) is 24.8 Å². The molecule has 1 aromatic carbocycles. The predicted molar refractivity (Wildman–Crippen MR) is 143 cm³/mol. The smallest absolute Gasteiger partial charge is 0.338 e. The summed E-state index contributed by atoms with van der Waals surface area (Å²) in [6, 6.07) is 7.32. The number of urea groups is 1. The molecule has 0 bridgehead atoms. The number of carbonyl (C=O) groups is 3. The molecule has 1 aliphatic carbocycles. The summed E-state index contributed by atoms with van der Waals surface area (Å²) < 4.78 is 5.51. The minimum absolute atomic E-state index is 0.000483. The van der Waals surface area contributed by atoms with Crippen LogP contribution in [0.15, 0.2) is 35.5 Å². The fourth-order valence-corrected chi connectivity index (χ4v) is 5.33. The van der Waals surface area contributed by atoms with Gasteiger partial charge in [-0.3, -0.25) is 14.6 Å². The van der Waals surface area contributed by atoms with E-state index in [2.05, 4.69) is 43.1 Å². The van der Waals surface area contributed by atoms with E-state index in [0.29, 0.717) is 50.5 Å². The second kappa shape index (κ2) is 11.3. The van der Waals surface area contributed by atoms with Gasteiger partial charge in [0.25, 0.3) is 0 Å². The Kier molecular flexibility index (Phi) is 8.26. The van der Waals surface area contributed by atoms with Crippen molar-refractivity contribution in [3.05, 3.63) is 46.7 Å². The molecule has 2 aliphatic heterocycles. The number of hydrogen-bond donors (Lipinski definition) is 1. The molecule has 1 saturated heterocycles. The maximum Gasteiger partial charge on any atom is 0.338 e. The monoisotopic (exact) mass is 510 g/mol. The largest absolute Gasteiger partial charge is 0.463 e. The number of nitrogens with one attached hydrogen (secondary N) is 1. The molecule has 1 aromatic rings. The van der Waals surface area contributed by atoms with E-state index in [1.807, 2.05) is 24.0 Å². The highest BCUT2D eigenvalue weighted by molar-refractivity contribution is 5.95. The average molecular weight is 511 g/mol. The Balaban J connectivity index is 1.62. The van der Waals surface area contributed by atoms with Gasteiger partial charge in [0.05, 0.1) is 18.2 Å². The molecule has 0 aromatic heterocycles. The van der Waals surface area contributed by atoms with Crippen molar-refractivity contribution in [1.29, 1.82) is 0 Å². The van der Waals surface area contributed by atoms with Crippen molar-refractivity contribution in [3.63, 3.8) is 0 Å². The van der Waals surface area contributed by atoms with Gasteiger partial charge in [0.1, 0.15) is 0 Å². The first-order valence-corrected chi connectivity index (χ1v) is 13.7. The molecule has 4 rings (SSSR count). The van der Waals surface area contributed by atoms with Crippen LogP contribution in [-0.2, 0) is 19.7 Å². The van der Waals surface area contributed by atoms with Gasteiger partial charge >= 0.3 is 12.0 Å². The number of ether oxygens (including phenoxy) is 1.